The minimum atomic E-state index is 0.274. The molecule has 2 N–H and O–H groups in total. The van der Waals surface area contributed by atoms with Gasteiger partial charge in [0.05, 0.1) is 11.7 Å². The van der Waals surface area contributed by atoms with Crippen molar-refractivity contribution in [2.75, 3.05) is 27.7 Å². The number of hydrogen-bond acceptors (Lipinski definition) is 3. The van der Waals surface area contributed by atoms with Crippen molar-refractivity contribution < 1.29 is 0 Å². The van der Waals surface area contributed by atoms with Crippen LogP contribution in [0.3, 0.4) is 0 Å². The first-order chi connectivity index (χ1) is 12.3. The lowest BCUT2D eigenvalue weighted by Crippen LogP contribution is -2.41. The maximum atomic E-state index is 4.47. The van der Waals surface area contributed by atoms with Crippen LogP contribution in [0.2, 0.25) is 0 Å². The monoisotopic (exact) mass is 356 g/mol. The second-order valence-corrected chi connectivity index (χ2v) is 6.97. The number of guanidine groups is 1. The summed E-state index contributed by atoms with van der Waals surface area (Å²) in [5.41, 5.74) is 6.02. The van der Waals surface area contributed by atoms with Gasteiger partial charge >= 0.3 is 0 Å². The standard InChI is InChI=1S/C20H32N6/c1-14-8-10-17(11-9-14)19(25(5)6)13-23-20(21-4)22-12-18-15(2)24-26(7)16(18)3/h8-11,19H,12-13H2,1-7H3,(H2,21,22,23). The number of rotatable bonds is 6. The normalized spacial score (nSPS) is 13.2. The first kappa shape index (κ1) is 20.0. The minimum Gasteiger partial charge on any atom is -0.354 e. The van der Waals surface area contributed by atoms with Gasteiger partial charge in [-0.05, 0) is 40.4 Å². The Morgan fingerprint density at radius 1 is 1.15 bits per heavy atom. The number of aryl methyl sites for hydroxylation is 3. The first-order valence-corrected chi connectivity index (χ1v) is 9.00. The predicted molar refractivity (Wildman–Crippen MR) is 108 cm³/mol. The third-order valence-corrected chi connectivity index (χ3v) is 4.86. The van der Waals surface area contributed by atoms with Gasteiger partial charge in [-0.1, -0.05) is 29.8 Å². The van der Waals surface area contributed by atoms with Crippen LogP contribution in [0.1, 0.15) is 34.1 Å². The van der Waals surface area contributed by atoms with Crippen LogP contribution in [0, 0.1) is 20.8 Å². The van der Waals surface area contributed by atoms with E-state index in [2.05, 4.69) is 77.8 Å². The number of aromatic nitrogens is 2. The summed E-state index contributed by atoms with van der Waals surface area (Å²) in [6.45, 7) is 7.73. The Labute approximate surface area is 157 Å². The van der Waals surface area contributed by atoms with Crippen LogP contribution >= 0.6 is 0 Å². The minimum absolute atomic E-state index is 0.274. The third-order valence-electron chi connectivity index (χ3n) is 4.86. The summed E-state index contributed by atoms with van der Waals surface area (Å²) in [6.07, 6.45) is 0. The SMILES string of the molecule is CN=C(NCc1c(C)nn(C)c1C)NCC(c1ccc(C)cc1)N(C)C. The van der Waals surface area contributed by atoms with Crippen LogP contribution in [0.15, 0.2) is 29.3 Å². The Kier molecular flexibility index (Phi) is 6.80. The molecule has 1 unspecified atom stereocenters. The number of benzene rings is 1. The molecule has 0 bridgehead atoms. The van der Waals surface area contributed by atoms with Gasteiger partial charge in [0.15, 0.2) is 5.96 Å². The molecule has 6 heteroatoms. The molecule has 1 aromatic heterocycles. The molecule has 142 valence electrons. The molecular formula is C20H32N6. The zero-order chi connectivity index (χ0) is 19.3. The van der Waals surface area contributed by atoms with Gasteiger partial charge in [-0.3, -0.25) is 9.67 Å². The van der Waals surface area contributed by atoms with Gasteiger partial charge < -0.3 is 15.5 Å². The summed E-state index contributed by atoms with van der Waals surface area (Å²) in [5, 5.41) is 11.3. The number of aliphatic imine (C=N–C) groups is 1. The van der Waals surface area contributed by atoms with E-state index >= 15 is 0 Å². The molecule has 0 radical (unpaired) electrons. The average Bonchev–Trinajstić information content (AvgIpc) is 2.84. The van der Waals surface area contributed by atoms with Crippen LogP contribution in [0.5, 0.6) is 0 Å². The Hall–Kier alpha value is -2.34. The van der Waals surface area contributed by atoms with E-state index in [1.165, 1.54) is 22.4 Å². The summed E-state index contributed by atoms with van der Waals surface area (Å²) in [5.74, 6) is 0.798. The predicted octanol–water partition coefficient (Wildman–Crippen LogP) is 2.31. The summed E-state index contributed by atoms with van der Waals surface area (Å²) in [7, 11) is 7.98. The van der Waals surface area contributed by atoms with E-state index in [1.54, 1.807) is 7.05 Å². The molecule has 0 fully saturated rings. The van der Waals surface area contributed by atoms with E-state index in [0.717, 1.165) is 18.2 Å². The molecule has 2 aromatic rings. The molecule has 0 saturated carbocycles. The molecule has 0 aliphatic rings. The lowest BCUT2D eigenvalue weighted by atomic mass is 10.0. The van der Waals surface area contributed by atoms with Gasteiger partial charge in [-0.25, -0.2) is 0 Å². The van der Waals surface area contributed by atoms with Crippen molar-refractivity contribution in [3.8, 4) is 0 Å². The fraction of sp³-hybridized carbons (Fsp3) is 0.500. The zero-order valence-corrected chi connectivity index (χ0v) is 17.1. The smallest absolute Gasteiger partial charge is 0.191 e. The highest BCUT2D eigenvalue weighted by atomic mass is 15.3. The lowest BCUT2D eigenvalue weighted by molar-refractivity contribution is 0.298. The molecular weight excluding hydrogens is 324 g/mol. The van der Waals surface area contributed by atoms with Crippen LogP contribution in [0.4, 0.5) is 0 Å². The van der Waals surface area contributed by atoms with E-state index in [9.17, 15) is 0 Å². The fourth-order valence-corrected chi connectivity index (χ4v) is 3.05. The summed E-state index contributed by atoms with van der Waals surface area (Å²) in [4.78, 5) is 6.58. The van der Waals surface area contributed by atoms with Crippen molar-refractivity contribution in [1.29, 1.82) is 0 Å². The highest BCUT2D eigenvalue weighted by molar-refractivity contribution is 5.79. The van der Waals surface area contributed by atoms with Gasteiger partial charge in [0.1, 0.15) is 0 Å². The van der Waals surface area contributed by atoms with Gasteiger partial charge in [0, 0.05) is 38.4 Å². The molecule has 6 nitrogen and oxygen atoms in total. The largest absolute Gasteiger partial charge is 0.354 e. The van der Waals surface area contributed by atoms with Gasteiger partial charge in [-0.15, -0.1) is 0 Å². The number of hydrogen-bond donors (Lipinski definition) is 2. The van der Waals surface area contributed by atoms with Gasteiger partial charge in [0.2, 0.25) is 0 Å². The zero-order valence-electron chi connectivity index (χ0n) is 17.1. The van der Waals surface area contributed by atoms with Crippen molar-refractivity contribution >= 4 is 5.96 Å². The molecule has 2 rings (SSSR count). The van der Waals surface area contributed by atoms with E-state index in [1.807, 2.05) is 18.7 Å². The second-order valence-electron chi connectivity index (χ2n) is 6.97. The summed E-state index contributed by atoms with van der Waals surface area (Å²) >= 11 is 0. The highest BCUT2D eigenvalue weighted by Crippen LogP contribution is 2.18. The van der Waals surface area contributed by atoms with E-state index < -0.39 is 0 Å². The quantitative estimate of drug-likeness (QED) is 0.616. The third kappa shape index (κ3) is 4.85. The van der Waals surface area contributed by atoms with Crippen molar-refractivity contribution in [1.82, 2.24) is 25.3 Å². The van der Waals surface area contributed by atoms with E-state index in [0.29, 0.717) is 6.54 Å². The van der Waals surface area contributed by atoms with Crippen molar-refractivity contribution in [2.24, 2.45) is 12.0 Å². The number of nitrogens with zero attached hydrogens (tertiary/aromatic N) is 4. The molecule has 1 aromatic carbocycles. The summed E-state index contributed by atoms with van der Waals surface area (Å²) in [6, 6.07) is 8.98. The Morgan fingerprint density at radius 3 is 2.31 bits per heavy atom. The maximum absolute atomic E-state index is 4.47. The molecule has 1 heterocycles. The highest BCUT2D eigenvalue weighted by Gasteiger charge is 2.15. The fourth-order valence-electron chi connectivity index (χ4n) is 3.05. The van der Waals surface area contributed by atoms with E-state index in [4.69, 9.17) is 0 Å². The van der Waals surface area contributed by atoms with Crippen LogP contribution in [-0.2, 0) is 13.6 Å². The van der Waals surface area contributed by atoms with Crippen LogP contribution in [0.25, 0.3) is 0 Å². The topological polar surface area (TPSA) is 57.5 Å². The van der Waals surface area contributed by atoms with Gasteiger partial charge in [0.25, 0.3) is 0 Å². The lowest BCUT2D eigenvalue weighted by Gasteiger charge is -2.26. The molecule has 1 atom stereocenters. The Balaban J connectivity index is 1.99. The Morgan fingerprint density at radius 2 is 1.81 bits per heavy atom. The van der Waals surface area contributed by atoms with Crippen molar-refractivity contribution in [3.63, 3.8) is 0 Å². The van der Waals surface area contributed by atoms with Crippen molar-refractivity contribution in [3.05, 3.63) is 52.3 Å². The molecule has 0 saturated heterocycles. The molecule has 26 heavy (non-hydrogen) atoms. The van der Waals surface area contributed by atoms with Crippen LogP contribution in [-0.4, -0.2) is 48.3 Å². The Bertz CT molecular complexity index is 742. The van der Waals surface area contributed by atoms with Crippen LogP contribution < -0.4 is 10.6 Å². The number of nitrogens with one attached hydrogen (secondary N) is 2. The van der Waals surface area contributed by atoms with Crippen molar-refractivity contribution in [2.45, 2.75) is 33.4 Å². The second kappa shape index (κ2) is 8.85. The molecule has 0 aliphatic carbocycles. The summed E-state index contributed by atoms with van der Waals surface area (Å²) < 4.78 is 1.92. The average molecular weight is 357 g/mol. The van der Waals surface area contributed by atoms with E-state index in [-0.39, 0.29) is 6.04 Å². The van der Waals surface area contributed by atoms with Gasteiger partial charge in [-0.2, -0.15) is 5.10 Å². The maximum Gasteiger partial charge on any atom is 0.191 e. The molecule has 0 aliphatic heterocycles. The number of likely N-dealkylation sites (N-methyl/N-ethyl adjacent to an activating group) is 1. The molecule has 0 amide bonds. The molecule has 0 spiro atoms. The first-order valence-electron chi connectivity index (χ1n) is 9.00.